The molecule has 18 heavy (non-hydrogen) atoms. The summed E-state index contributed by atoms with van der Waals surface area (Å²) in [6.45, 7) is 3.22. The van der Waals surface area contributed by atoms with Gasteiger partial charge in [0.25, 0.3) is 0 Å². The first-order valence-electron chi connectivity index (χ1n) is 5.71. The van der Waals surface area contributed by atoms with Crippen molar-refractivity contribution in [2.45, 2.75) is 13.5 Å². The second-order valence-corrected chi connectivity index (χ2v) is 3.94. The number of nitriles is 1. The number of halogens is 1. The highest BCUT2D eigenvalue weighted by molar-refractivity contribution is 5.77. The molecule has 0 radical (unpaired) electrons. The quantitative estimate of drug-likeness (QED) is 0.854. The van der Waals surface area contributed by atoms with Crippen molar-refractivity contribution in [2.24, 2.45) is 0 Å². The molecule has 0 heterocycles. The standard InChI is InChI=1S/C13H16FN3O/c1-3-17(2)13(18)9-16-8-10-4-5-12(14)11(6-10)7-15/h4-6,16H,3,8-9H2,1-2H3. The lowest BCUT2D eigenvalue weighted by atomic mass is 10.1. The van der Waals surface area contributed by atoms with Crippen LogP contribution in [0, 0.1) is 17.1 Å². The van der Waals surface area contributed by atoms with Crippen LogP contribution >= 0.6 is 0 Å². The number of nitrogens with one attached hydrogen (secondary N) is 1. The van der Waals surface area contributed by atoms with Crippen LogP contribution in [0.25, 0.3) is 0 Å². The normalized spacial score (nSPS) is 9.89. The molecule has 1 N–H and O–H groups in total. The van der Waals surface area contributed by atoms with E-state index in [0.29, 0.717) is 13.1 Å². The van der Waals surface area contributed by atoms with Crippen LogP contribution in [-0.4, -0.2) is 30.9 Å². The average Bonchev–Trinajstić information content (AvgIpc) is 2.39. The predicted octanol–water partition coefficient (Wildman–Crippen LogP) is 1.27. The van der Waals surface area contributed by atoms with E-state index in [4.69, 9.17) is 5.26 Å². The van der Waals surface area contributed by atoms with E-state index < -0.39 is 5.82 Å². The molecular weight excluding hydrogens is 233 g/mol. The largest absolute Gasteiger partial charge is 0.345 e. The minimum Gasteiger partial charge on any atom is -0.345 e. The van der Waals surface area contributed by atoms with Crippen molar-refractivity contribution in [1.29, 1.82) is 5.26 Å². The number of carbonyl (C=O) groups is 1. The Morgan fingerprint density at radius 2 is 2.28 bits per heavy atom. The zero-order valence-electron chi connectivity index (χ0n) is 10.5. The number of rotatable bonds is 5. The molecule has 1 aromatic rings. The Kier molecular flexibility index (Phi) is 5.28. The molecule has 1 rings (SSSR count). The van der Waals surface area contributed by atoms with Gasteiger partial charge in [-0.2, -0.15) is 5.26 Å². The molecule has 4 nitrogen and oxygen atoms in total. The second kappa shape index (κ2) is 6.72. The van der Waals surface area contributed by atoms with Crippen LogP contribution in [0.15, 0.2) is 18.2 Å². The smallest absolute Gasteiger partial charge is 0.236 e. The SMILES string of the molecule is CCN(C)C(=O)CNCc1ccc(F)c(C#N)c1. The van der Waals surface area contributed by atoms with Gasteiger partial charge in [-0.15, -0.1) is 0 Å². The summed E-state index contributed by atoms with van der Waals surface area (Å²) < 4.78 is 13.1. The van der Waals surface area contributed by atoms with Crippen LogP contribution in [-0.2, 0) is 11.3 Å². The molecule has 0 saturated heterocycles. The number of nitrogens with zero attached hydrogens (tertiary/aromatic N) is 2. The summed E-state index contributed by atoms with van der Waals surface area (Å²) in [5.41, 5.74) is 0.797. The van der Waals surface area contributed by atoms with Crippen molar-refractivity contribution < 1.29 is 9.18 Å². The molecule has 0 aliphatic heterocycles. The molecule has 0 atom stereocenters. The molecule has 0 aromatic heterocycles. The number of hydrogen-bond acceptors (Lipinski definition) is 3. The number of hydrogen-bond donors (Lipinski definition) is 1. The van der Waals surface area contributed by atoms with Crippen molar-refractivity contribution >= 4 is 5.91 Å². The van der Waals surface area contributed by atoms with E-state index in [2.05, 4.69) is 5.32 Å². The van der Waals surface area contributed by atoms with Gasteiger partial charge in [-0.05, 0) is 24.6 Å². The monoisotopic (exact) mass is 249 g/mol. The van der Waals surface area contributed by atoms with Crippen molar-refractivity contribution in [3.05, 3.63) is 35.1 Å². The van der Waals surface area contributed by atoms with Gasteiger partial charge in [0.1, 0.15) is 11.9 Å². The van der Waals surface area contributed by atoms with Gasteiger partial charge < -0.3 is 10.2 Å². The van der Waals surface area contributed by atoms with Crippen molar-refractivity contribution in [2.75, 3.05) is 20.1 Å². The van der Waals surface area contributed by atoms with Crippen LogP contribution in [0.4, 0.5) is 4.39 Å². The first-order chi connectivity index (χ1) is 8.58. The first kappa shape index (κ1) is 14.1. The predicted molar refractivity (Wildman–Crippen MR) is 66.1 cm³/mol. The Morgan fingerprint density at radius 1 is 1.56 bits per heavy atom. The van der Waals surface area contributed by atoms with Crippen molar-refractivity contribution in [3.8, 4) is 6.07 Å². The number of amides is 1. The molecule has 0 fully saturated rings. The van der Waals surface area contributed by atoms with E-state index >= 15 is 0 Å². The second-order valence-electron chi connectivity index (χ2n) is 3.94. The Labute approximate surface area is 106 Å². The van der Waals surface area contributed by atoms with Gasteiger partial charge in [0.05, 0.1) is 12.1 Å². The molecule has 0 saturated carbocycles. The fraction of sp³-hybridized carbons (Fsp3) is 0.385. The van der Waals surface area contributed by atoms with Crippen LogP contribution in [0.5, 0.6) is 0 Å². The van der Waals surface area contributed by atoms with Crippen molar-refractivity contribution in [1.82, 2.24) is 10.2 Å². The molecule has 0 unspecified atom stereocenters. The van der Waals surface area contributed by atoms with Gasteiger partial charge in [0, 0.05) is 20.1 Å². The van der Waals surface area contributed by atoms with Crippen molar-refractivity contribution in [3.63, 3.8) is 0 Å². The molecule has 0 spiro atoms. The summed E-state index contributed by atoms with van der Waals surface area (Å²) >= 11 is 0. The third-order valence-electron chi connectivity index (χ3n) is 2.66. The Bertz CT molecular complexity index is 468. The van der Waals surface area contributed by atoms with E-state index in [0.717, 1.165) is 5.56 Å². The number of benzene rings is 1. The average molecular weight is 249 g/mol. The fourth-order valence-electron chi connectivity index (χ4n) is 1.39. The lowest BCUT2D eigenvalue weighted by Gasteiger charge is -2.14. The van der Waals surface area contributed by atoms with Gasteiger partial charge in [-0.25, -0.2) is 4.39 Å². The molecule has 0 bridgehead atoms. The molecule has 96 valence electrons. The zero-order valence-corrected chi connectivity index (χ0v) is 10.5. The maximum atomic E-state index is 13.1. The lowest BCUT2D eigenvalue weighted by Crippen LogP contribution is -2.35. The van der Waals surface area contributed by atoms with E-state index in [-0.39, 0.29) is 18.0 Å². The summed E-state index contributed by atoms with van der Waals surface area (Å²) in [4.78, 5) is 13.1. The van der Waals surface area contributed by atoms with Gasteiger partial charge in [-0.1, -0.05) is 6.07 Å². The summed E-state index contributed by atoms with van der Waals surface area (Å²) in [5, 5.41) is 11.7. The molecule has 0 aliphatic carbocycles. The summed E-state index contributed by atoms with van der Waals surface area (Å²) in [7, 11) is 1.73. The minimum atomic E-state index is -0.525. The number of carbonyl (C=O) groups excluding carboxylic acids is 1. The van der Waals surface area contributed by atoms with Crippen LogP contribution in [0.3, 0.4) is 0 Å². The number of likely N-dealkylation sites (N-methyl/N-ethyl adjacent to an activating group) is 1. The maximum absolute atomic E-state index is 13.1. The summed E-state index contributed by atoms with van der Waals surface area (Å²) in [6, 6.07) is 6.12. The summed E-state index contributed by atoms with van der Waals surface area (Å²) in [5.74, 6) is -0.525. The van der Waals surface area contributed by atoms with E-state index in [9.17, 15) is 9.18 Å². The third-order valence-corrected chi connectivity index (χ3v) is 2.66. The Balaban J connectivity index is 2.50. The Hall–Kier alpha value is -1.93. The van der Waals surface area contributed by atoms with E-state index in [1.165, 1.54) is 12.1 Å². The Morgan fingerprint density at radius 3 is 2.89 bits per heavy atom. The molecule has 5 heteroatoms. The van der Waals surface area contributed by atoms with Gasteiger partial charge in [-0.3, -0.25) is 4.79 Å². The minimum absolute atomic E-state index is 0.000110. The van der Waals surface area contributed by atoms with E-state index in [1.807, 2.05) is 6.92 Å². The van der Waals surface area contributed by atoms with E-state index in [1.54, 1.807) is 24.1 Å². The molecule has 1 aromatic carbocycles. The fourth-order valence-corrected chi connectivity index (χ4v) is 1.39. The third kappa shape index (κ3) is 3.82. The molecular formula is C13H16FN3O. The first-order valence-corrected chi connectivity index (χ1v) is 5.71. The highest BCUT2D eigenvalue weighted by atomic mass is 19.1. The highest BCUT2D eigenvalue weighted by Gasteiger charge is 2.06. The topological polar surface area (TPSA) is 56.1 Å². The van der Waals surface area contributed by atoms with Gasteiger partial charge >= 0.3 is 0 Å². The van der Waals surface area contributed by atoms with Crippen LogP contribution in [0.2, 0.25) is 0 Å². The summed E-state index contributed by atoms with van der Waals surface area (Å²) in [6.07, 6.45) is 0. The van der Waals surface area contributed by atoms with Gasteiger partial charge in [0.15, 0.2) is 0 Å². The molecule has 0 aliphatic rings. The molecule has 1 amide bonds. The van der Waals surface area contributed by atoms with Crippen LogP contribution < -0.4 is 5.32 Å². The zero-order chi connectivity index (χ0) is 13.5. The highest BCUT2D eigenvalue weighted by Crippen LogP contribution is 2.09. The maximum Gasteiger partial charge on any atom is 0.236 e. The van der Waals surface area contributed by atoms with Gasteiger partial charge in [0.2, 0.25) is 5.91 Å². The van der Waals surface area contributed by atoms with Crippen LogP contribution in [0.1, 0.15) is 18.1 Å². The lowest BCUT2D eigenvalue weighted by molar-refractivity contribution is -0.128.